The molecule has 80 valence electrons. The molecule has 1 amide bonds. The van der Waals surface area contributed by atoms with E-state index < -0.39 is 6.10 Å². The van der Waals surface area contributed by atoms with Gasteiger partial charge in [-0.2, -0.15) is 0 Å². The van der Waals surface area contributed by atoms with Crippen LogP contribution < -0.4 is 4.90 Å². The van der Waals surface area contributed by atoms with Crippen molar-refractivity contribution in [2.45, 2.75) is 25.9 Å². The lowest BCUT2D eigenvalue weighted by molar-refractivity contribution is -0.128. The molecule has 0 aliphatic carbocycles. The van der Waals surface area contributed by atoms with Gasteiger partial charge in [0.15, 0.2) is 0 Å². The summed E-state index contributed by atoms with van der Waals surface area (Å²) >= 11 is 0. The topological polar surface area (TPSA) is 40.5 Å². The monoisotopic (exact) mass is 205 g/mol. The number of aliphatic hydroxyl groups is 1. The number of aliphatic hydroxyl groups excluding tert-OH is 1. The van der Waals surface area contributed by atoms with Gasteiger partial charge >= 0.3 is 0 Å². The van der Waals surface area contributed by atoms with Crippen LogP contribution in [0.15, 0.2) is 24.3 Å². The van der Waals surface area contributed by atoms with E-state index in [-0.39, 0.29) is 5.91 Å². The number of hydrogen-bond donors (Lipinski definition) is 1. The first kappa shape index (κ1) is 10.2. The molecule has 0 aromatic heterocycles. The normalized spacial score (nSPS) is 21.9. The van der Waals surface area contributed by atoms with Crippen LogP contribution >= 0.6 is 0 Å². The predicted molar refractivity (Wildman–Crippen MR) is 58.8 cm³/mol. The quantitative estimate of drug-likeness (QED) is 0.754. The van der Waals surface area contributed by atoms with E-state index in [1.165, 1.54) is 0 Å². The molecule has 0 spiro atoms. The molecule has 1 aliphatic rings. The van der Waals surface area contributed by atoms with Crippen molar-refractivity contribution in [1.82, 2.24) is 0 Å². The first-order valence-corrected chi connectivity index (χ1v) is 5.25. The summed E-state index contributed by atoms with van der Waals surface area (Å²) in [6.45, 7) is 2.68. The Bertz CT molecular complexity index is 376. The fourth-order valence-electron chi connectivity index (χ4n) is 1.96. The van der Waals surface area contributed by atoms with Crippen LogP contribution in [0.2, 0.25) is 0 Å². The van der Waals surface area contributed by atoms with Crippen molar-refractivity contribution in [3.8, 4) is 0 Å². The van der Waals surface area contributed by atoms with E-state index in [9.17, 15) is 9.90 Å². The molecule has 1 heterocycles. The molecule has 1 N–H and O–H groups in total. The van der Waals surface area contributed by atoms with E-state index in [0.717, 1.165) is 17.7 Å². The number of benzene rings is 1. The standard InChI is InChI=1S/C12H15NO2/c1-9-5-2-3-6-10(9)13-8-4-7-11(14)12(13)15/h2-3,5-6,11,14H,4,7-8H2,1H3. The van der Waals surface area contributed by atoms with Gasteiger partial charge < -0.3 is 10.0 Å². The molecular weight excluding hydrogens is 190 g/mol. The van der Waals surface area contributed by atoms with Crippen LogP contribution in [0.5, 0.6) is 0 Å². The Morgan fingerprint density at radius 3 is 2.87 bits per heavy atom. The van der Waals surface area contributed by atoms with Gasteiger partial charge in [0.05, 0.1) is 0 Å². The summed E-state index contributed by atoms with van der Waals surface area (Å²) < 4.78 is 0. The third kappa shape index (κ3) is 1.88. The smallest absolute Gasteiger partial charge is 0.255 e. The highest BCUT2D eigenvalue weighted by Crippen LogP contribution is 2.24. The van der Waals surface area contributed by atoms with Crippen molar-refractivity contribution >= 4 is 11.6 Å². The maximum atomic E-state index is 11.8. The molecule has 3 heteroatoms. The SMILES string of the molecule is Cc1ccccc1N1CCCC(O)C1=O. The number of piperidine rings is 1. The molecule has 1 atom stereocenters. The first-order chi connectivity index (χ1) is 7.20. The number of hydrogen-bond acceptors (Lipinski definition) is 2. The minimum Gasteiger partial charge on any atom is -0.383 e. The highest BCUT2D eigenvalue weighted by Gasteiger charge is 2.28. The fourth-order valence-corrected chi connectivity index (χ4v) is 1.96. The summed E-state index contributed by atoms with van der Waals surface area (Å²) in [6.07, 6.45) is 0.626. The number of aryl methyl sites for hydroxylation is 1. The number of rotatable bonds is 1. The third-order valence-corrected chi connectivity index (χ3v) is 2.82. The highest BCUT2D eigenvalue weighted by atomic mass is 16.3. The summed E-state index contributed by atoms with van der Waals surface area (Å²) in [7, 11) is 0. The zero-order chi connectivity index (χ0) is 10.8. The second-order valence-corrected chi connectivity index (χ2v) is 3.93. The summed E-state index contributed by atoms with van der Waals surface area (Å²) in [5.74, 6) is -0.171. The van der Waals surface area contributed by atoms with E-state index in [2.05, 4.69) is 0 Å². The molecule has 1 aromatic rings. The van der Waals surface area contributed by atoms with Crippen LogP contribution in [0.1, 0.15) is 18.4 Å². The first-order valence-electron chi connectivity index (χ1n) is 5.25. The Morgan fingerprint density at radius 1 is 1.40 bits per heavy atom. The third-order valence-electron chi connectivity index (χ3n) is 2.82. The Morgan fingerprint density at radius 2 is 2.13 bits per heavy atom. The van der Waals surface area contributed by atoms with Crippen LogP contribution in [0, 0.1) is 6.92 Å². The molecule has 1 saturated heterocycles. The Balaban J connectivity index is 2.30. The molecule has 15 heavy (non-hydrogen) atoms. The van der Waals surface area contributed by atoms with Crippen molar-refractivity contribution in [3.63, 3.8) is 0 Å². The van der Waals surface area contributed by atoms with Gasteiger partial charge in [0.1, 0.15) is 6.10 Å². The molecule has 1 aliphatic heterocycles. The van der Waals surface area contributed by atoms with Crippen LogP contribution in [0.3, 0.4) is 0 Å². The van der Waals surface area contributed by atoms with Gasteiger partial charge in [0, 0.05) is 12.2 Å². The number of para-hydroxylation sites is 1. The predicted octanol–water partition coefficient (Wildman–Crippen LogP) is 1.48. The minimum absolute atomic E-state index is 0.171. The lowest BCUT2D eigenvalue weighted by atomic mass is 10.1. The van der Waals surface area contributed by atoms with Gasteiger partial charge in [0.25, 0.3) is 5.91 Å². The molecule has 2 rings (SSSR count). The average Bonchev–Trinajstić information content (AvgIpc) is 2.23. The van der Waals surface area contributed by atoms with Gasteiger partial charge in [-0.25, -0.2) is 0 Å². The Kier molecular flexibility index (Phi) is 2.73. The van der Waals surface area contributed by atoms with Crippen LogP contribution in [0.4, 0.5) is 5.69 Å². The molecule has 3 nitrogen and oxygen atoms in total. The molecule has 0 saturated carbocycles. The molecule has 1 fully saturated rings. The van der Waals surface area contributed by atoms with E-state index in [1.54, 1.807) is 4.90 Å². The van der Waals surface area contributed by atoms with Crippen LogP contribution in [-0.2, 0) is 4.79 Å². The van der Waals surface area contributed by atoms with Gasteiger partial charge in [-0.1, -0.05) is 18.2 Å². The number of carbonyl (C=O) groups excluding carboxylic acids is 1. The fraction of sp³-hybridized carbons (Fsp3) is 0.417. The van der Waals surface area contributed by atoms with Crippen molar-refractivity contribution in [2.24, 2.45) is 0 Å². The number of carbonyl (C=O) groups is 1. The van der Waals surface area contributed by atoms with E-state index >= 15 is 0 Å². The number of anilines is 1. The Labute approximate surface area is 89.3 Å². The lowest BCUT2D eigenvalue weighted by Gasteiger charge is -2.30. The lowest BCUT2D eigenvalue weighted by Crippen LogP contribution is -2.44. The summed E-state index contributed by atoms with van der Waals surface area (Å²) in [4.78, 5) is 13.4. The van der Waals surface area contributed by atoms with Crippen molar-refractivity contribution < 1.29 is 9.90 Å². The van der Waals surface area contributed by atoms with Crippen molar-refractivity contribution in [1.29, 1.82) is 0 Å². The molecule has 1 aromatic carbocycles. The van der Waals surface area contributed by atoms with Crippen molar-refractivity contribution in [2.75, 3.05) is 11.4 Å². The zero-order valence-corrected chi connectivity index (χ0v) is 8.81. The van der Waals surface area contributed by atoms with Gasteiger partial charge in [-0.05, 0) is 31.4 Å². The summed E-state index contributed by atoms with van der Waals surface area (Å²) in [5, 5.41) is 9.51. The van der Waals surface area contributed by atoms with Gasteiger partial charge in [0.2, 0.25) is 0 Å². The molecular formula is C12H15NO2. The summed E-state index contributed by atoms with van der Waals surface area (Å²) in [6, 6.07) is 7.76. The zero-order valence-electron chi connectivity index (χ0n) is 8.81. The van der Waals surface area contributed by atoms with E-state index in [1.807, 2.05) is 31.2 Å². The van der Waals surface area contributed by atoms with Crippen LogP contribution in [-0.4, -0.2) is 23.7 Å². The van der Waals surface area contributed by atoms with Crippen LogP contribution in [0.25, 0.3) is 0 Å². The second-order valence-electron chi connectivity index (χ2n) is 3.93. The van der Waals surface area contributed by atoms with E-state index in [4.69, 9.17) is 0 Å². The maximum Gasteiger partial charge on any atom is 0.255 e. The highest BCUT2D eigenvalue weighted by molar-refractivity contribution is 5.97. The molecule has 1 unspecified atom stereocenters. The second kappa shape index (κ2) is 4.03. The average molecular weight is 205 g/mol. The number of nitrogens with zero attached hydrogens (tertiary/aromatic N) is 1. The van der Waals surface area contributed by atoms with E-state index in [0.29, 0.717) is 13.0 Å². The molecule has 0 radical (unpaired) electrons. The largest absolute Gasteiger partial charge is 0.383 e. The number of amides is 1. The van der Waals surface area contributed by atoms with Gasteiger partial charge in [-0.15, -0.1) is 0 Å². The van der Waals surface area contributed by atoms with Crippen molar-refractivity contribution in [3.05, 3.63) is 29.8 Å². The molecule has 0 bridgehead atoms. The maximum absolute atomic E-state index is 11.8. The Hall–Kier alpha value is -1.35. The minimum atomic E-state index is -0.821. The summed E-state index contributed by atoms with van der Waals surface area (Å²) in [5.41, 5.74) is 1.99. The van der Waals surface area contributed by atoms with Gasteiger partial charge in [-0.3, -0.25) is 4.79 Å².